The summed E-state index contributed by atoms with van der Waals surface area (Å²) in [5.41, 5.74) is 0. The number of fused-ring (bicyclic) bond motifs is 4. The van der Waals surface area contributed by atoms with E-state index in [1.54, 1.807) is 0 Å². The molecule has 0 nitrogen and oxygen atoms in total. The van der Waals surface area contributed by atoms with Crippen LogP contribution in [0.4, 0.5) is 0 Å². The molecule has 0 saturated heterocycles. The van der Waals surface area contributed by atoms with Crippen LogP contribution in [0.3, 0.4) is 0 Å². The van der Waals surface area contributed by atoms with Gasteiger partial charge in [0.2, 0.25) is 0 Å². The van der Waals surface area contributed by atoms with Crippen molar-refractivity contribution in [2.75, 3.05) is 0 Å². The van der Waals surface area contributed by atoms with Crippen molar-refractivity contribution in [2.45, 2.75) is 0 Å². The van der Waals surface area contributed by atoms with E-state index in [1.165, 1.54) is 64.6 Å². The molecule has 9 rings (SSSR count). The van der Waals surface area contributed by atoms with Crippen molar-refractivity contribution in [3.05, 3.63) is 170 Å². The fourth-order valence-electron chi connectivity index (χ4n) is 5.76. The maximum atomic E-state index is 2.21. The van der Waals surface area contributed by atoms with E-state index in [0.29, 0.717) is 0 Å². The van der Waals surface area contributed by atoms with Crippen LogP contribution in [0.25, 0.3) is 64.6 Å². The summed E-state index contributed by atoms with van der Waals surface area (Å²) in [5.74, 6) is 0. The molecular weight excluding hydrogens is 480 g/mol. The Morgan fingerprint density at radius 2 is 0.425 bits per heavy atom. The second kappa shape index (κ2) is 10.5. The summed E-state index contributed by atoms with van der Waals surface area (Å²) in [6.07, 6.45) is 0. The molecule has 0 fully saturated rings. The predicted molar refractivity (Wildman–Crippen MR) is 176 cm³/mol. The van der Waals surface area contributed by atoms with E-state index < -0.39 is 0 Å². The molecule has 40 heavy (non-hydrogen) atoms. The van der Waals surface area contributed by atoms with E-state index in [0.717, 1.165) is 0 Å². The van der Waals surface area contributed by atoms with Gasteiger partial charge >= 0.3 is 0 Å². The van der Waals surface area contributed by atoms with Gasteiger partial charge in [0.1, 0.15) is 0 Å². The largest absolute Gasteiger partial charge is 0.0616 e. The van der Waals surface area contributed by atoms with Crippen LogP contribution in [0.2, 0.25) is 0 Å². The van der Waals surface area contributed by atoms with Gasteiger partial charge in [0.25, 0.3) is 0 Å². The van der Waals surface area contributed by atoms with Gasteiger partial charge in [0.15, 0.2) is 0 Å². The van der Waals surface area contributed by atoms with E-state index in [9.17, 15) is 0 Å². The number of rotatable bonds is 0. The summed E-state index contributed by atoms with van der Waals surface area (Å²) < 4.78 is 0. The summed E-state index contributed by atoms with van der Waals surface area (Å²) in [7, 11) is 0. The standard InChI is InChI=1S/C16H10.C14H10.C10H8/c1-3-11-7-9-13-5-2-6-14-10-8-12(4-1)15(11)16(13)14;1-3-7-13-11(5-1)9-10-12-6-2-4-8-14(12)13;1-2-6-10-8-4-3-7-9(10)5-1/h1-10H;1-10H;1-8H. The lowest BCUT2D eigenvalue weighted by molar-refractivity contribution is 1.75. The molecule has 9 aromatic carbocycles. The fourth-order valence-corrected chi connectivity index (χ4v) is 5.76. The van der Waals surface area contributed by atoms with E-state index in [-0.39, 0.29) is 0 Å². The van der Waals surface area contributed by atoms with Crippen molar-refractivity contribution in [1.29, 1.82) is 0 Å². The Hall–Kier alpha value is -5.20. The molecule has 0 aliphatic heterocycles. The minimum Gasteiger partial charge on any atom is -0.0616 e. The Bertz CT molecular complexity index is 1970. The lowest BCUT2D eigenvalue weighted by Gasteiger charge is -2.09. The molecule has 0 spiro atoms. The average molecular weight is 509 g/mol. The molecule has 188 valence electrons. The molecule has 0 atom stereocenters. The number of benzene rings is 9. The Morgan fingerprint density at radius 1 is 0.175 bits per heavy atom. The van der Waals surface area contributed by atoms with Gasteiger partial charge in [0, 0.05) is 0 Å². The highest BCUT2D eigenvalue weighted by molar-refractivity contribution is 6.22. The third kappa shape index (κ3) is 4.51. The lowest BCUT2D eigenvalue weighted by Crippen LogP contribution is -1.82. The number of hydrogen-bond acceptors (Lipinski definition) is 0. The van der Waals surface area contributed by atoms with E-state index in [1.807, 2.05) is 0 Å². The van der Waals surface area contributed by atoms with Gasteiger partial charge in [-0.25, -0.2) is 0 Å². The molecule has 0 aromatic heterocycles. The van der Waals surface area contributed by atoms with Crippen molar-refractivity contribution >= 4 is 64.6 Å². The smallest absolute Gasteiger partial charge is 0.00268 e. The fraction of sp³-hybridized carbons (Fsp3) is 0. The van der Waals surface area contributed by atoms with Gasteiger partial charge in [-0.3, -0.25) is 0 Å². The first kappa shape index (κ1) is 23.9. The van der Waals surface area contributed by atoms with Crippen LogP contribution in [0, 0.1) is 0 Å². The molecule has 0 aliphatic rings. The quantitative estimate of drug-likeness (QED) is 0.179. The summed E-state index contributed by atoms with van der Waals surface area (Å²) in [6, 6.07) is 59.9. The molecule has 9 aromatic rings. The third-order valence-corrected chi connectivity index (χ3v) is 7.71. The first-order chi connectivity index (χ1) is 19.8. The van der Waals surface area contributed by atoms with Crippen molar-refractivity contribution in [1.82, 2.24) is 0 Å². The summed E-state index contributed by atoms with van der Waals surface area (Å²) in [5, 5.41) is 16.1. The van der Waals surface area contributed by atoms with Gasteiger partial charge in [0.05, 0.1) is 0 Å². The summed E-state index contributed by atoms with van der Waals surface area (Å²) in [4.78, 5) is 0. The molecule has 0 heteroatoms. The molecule has 0 aliphatic carbocycles. The molecule has 0 amide bonds. The molecule has 0 bridgehead atoms. The lowest BCUT2D eigenvalue weighted by atomic mass is 9.95. The van der Waals surface area contributed by atoms with Gasteiger partial charge in [-0.2, -0.15) is 0 Å². The van der Waals surface area contributed by atoms with Crippen molar-refractivity contribution < 1.29 is 0 Å². The van der Waals surface area contributed by atoms with Crippen LogP contribution in [-0.2, 0) is 0 Å². The normalized spacial score (nSPS) is 11.0. The first-order valence-corrected chi connectivity index (χ1v) is 13.8. The average Bonchev–Trinajstić information content (AvgIpc) is 3.04. The van der Waals surface area contributed by atoms with E-state index in [2.05, 4.69) is 170 Å². The van der Waals surface area contributed by atoms with Crippen LogP contribution >= 0.6 is 0 Å². The Balaban J connectivity index is 0.000000102. The topological polar surface area (TPSA) is 0 Å². The number of hydrogen-bond donors (Lipinski definition) is 0. The summed E-state index contributed by atoms with van der Waals surface area (Å²) in [6.45, 7) is 0. The van der Waals surface area contributed by atoms with Crippen molar-refractivity contribution in [3.63, 3.8) is 0 Å². The molecule has 0 heterocycles. The van der Waals surface area contributed by atoms with Crippen LogP contribution in [-0.4, -0.2) is 0 Å². The summed E-state index contributed by atoms with van der Waals surface area (Å²) >= 11 is 0. The molecule has 0 radical (unpaired) electrons. The molecule has 0 saturated carbocycles. The third-order valence-electron chi connectivity index (χ3n) is 7.71. The Kier molecular flexibility index (Phi) is 6.28. The van der Waals surface area contributed by atoms with Gasteiger partial charge in [-0.05, 0) is 64.6 Å². The van der Waals surface area contributed by atoms with Crippen molar-refractivity contribution in [2.24, 2.45) is 0 Å². The first-order valence-electron chi connectivity index (χ1n) is 13.8. The monoisotopic (exact) mass is 508 g/mol. The maximum Gasteiger partial charge on any atom is -0.00268 e. The van der Waals surface area contributed by atoms with Gasteiger partial charge in [-0.1, -0.05) is 170 Å². The second-order valence-electron chi connectivity index (χ2n) is 10.1. The molecule has 0 unspecified atom stereocenters. The zero-order valence-electron chi connectivity index (χ0n) is 22.2. The van der Waals surface area contributed by atoms with E-state index >= 15 is 0 Å². The second-order valence-corrected chi connectivity index (χ2v) is 10.1. The highest BCUT2D eigenvalue weighted by Gasteiger charge is 2.06. The van der Waals surface area contributed by atoms with Crippen LogP contribution in [0.5, 0.6) is 0 Å². The van der Waals surface area contributed by atoms with Crippen LogP contribution < -0.4 is 0 Å². The Labute approximate surface area is 234 Å². The maximum absolute atomic E-state index is 2.21. The zero-order valence-corrected chi connectivity index (χ0v) is 22.2. The van der Waals surface area contributed by atoms with Crippen LogP contribution in [0.15, 0.2) is 170 Å². The zero-order chi connectivity index (χ0) is 26.7. The minimum absolute atomic E-state index is 1.31. The SMILES string of the molecule is c1cc2ccc3cccc4ccc(c1)c2c34.c1ccc2c(c1)ccc1ccccc12.c1ccc2ccccc2c1. The van der Waals surface area contributed by atoms with Crippen LogP contribution in [0.1, 0.15) is 0 Å². The predicted octanol–water partition coefficient (Wildman–Crippen LogP) is 11.4. The van der Waals surface area contributed by atoms with Crippen molar-refractivity contribution in [3.8, 4) is 0 Å². The van der Waals surface area contributed by atoms with Gasteiger partial charge in [-0.15, -0.1) is 0 Å². The highest BCUT2D eigenvalue weighted by atomic mass is 14.1. The van der Waals surface area contributed by atoms with Gasteiger partial charge < -0.3 is 0 Å². The Morgan fingerprint density at radius 3 is 0.775 bits per heavy atom. The minimum atomic E-state index is 1.31. The molecule has 0 N–H and O–H groups in total. The highest BCUT2D eigenvalue weighted by Crippen LogP contribution is 2.34. The van der Waals surface area contributed by atoms with E-state index in [4.69, 9.17) is 0 Å². The molecular formula is C40H28.